The van der Waals surface area contributed by atoms with Crippen LogP contribution in [0.3, 0.4) is 0 Å². The Balaban J connectivity index is 1.79. The van der Waals surface area contributed by atoms with E-state index in [1.165, 1.54) is 0 Å². The van der Waals surface area contributed by atoms with Crippen LogP contribution >= 0.6 is 0 Å². The van der Waals surface area contributed by atoms with Gasteiger partial charge in [0.25, 0.3) is 10.2 Å². The number of hydrogen-bond acceptors (Lipinski definition) is 3. The van der Waals surface area contributed by atoms with Crippen LogP contribution < -0.4 is 15.2 Å². The minimum atomic E-state index is -3.28. The predicted molar refractivity (Wildman–Crippen MR) is 58.4 cm³/mol. The highest BCUT2D eigenvalue weighted by Crippen LogP contribution is 2.21. The van der Waals surface area contributed by atoms with Crippen molar-refractivity contribution < 1.29 is 8.42 Å². The minimum Gasteiger partial charge on any atom is -0.328 e. The average Bonchev–Trinajstić information content (AvgIpc) is 2.91. The normalized spacial score (nSPS) is 32.9. The zero-order valence-electron chi connectivity index (χ0n) is 8.78. The van der Waals surface area contributed by atoms with Gasteiger partial charge in [-0.25, -0.2) is 0 Å². The van der Waals surface area contributed by atoms with Gasteiger partial charge in [-0.15, -0.1) is 0 Å². The molecular weight excluding hydrogens is 214 g/mol. The molecule has 2 fully saturated rings. The van der Waals surface area contributed by atoms with Gasteiger partial charge < -0.3 is 5.73 Å². The summed E-state index contributed by atoms with van der Waals surface area (Å²) in [5, 5.41) is 0. The van der Waals surface area contributed by atoms with Gasteiger partial charge in [-0.05, 0) is 38.5 Å². The third-order valence-electron chi connectivity index (χ3n) is 2.99. The van der Waals surface area contributed by atoms with Crippen molar-refractivity contribution in [2.75, 3.05) is 0 Å². The van der Waals surface area contributed by atoms with Crippen molar-refractivity contribution in [1.82, 2.24) is 9.44 Å². The maximum Gasteiger partial charge on any atom is 0.277 e. The van der Waals surface area contributed by atoms with Gasteiger partial charge in [0.15, 0.2) is 0 Å². The van der Waals surface area contributed by atoms with Crippen LogP contribution in [0.1, 0.15) is 38.5 Å². The van der Waals surface area contributed by atoms with Crippen molar-refractivity contribution in [3.8, 4) is 0 Å². The van der Waals surface area contributed by atoms with E-state index in [4.69, 9.17) is 5.73 Å². The van der Waals surface area contributed by atoms with Gasteiger partial charge in [0.1, 0.15) is 0 Å². The molecule has 0 amide bonds. The molecule has 5 nitrogen and oxygen atoms in total. The Labute approximate surface area is 91.0 Å². The fourth-order valence-corrected chi connectivity index (χ4v) is 3.33. The quantitative estimate of drug-likeness (QED) is 0.631. The molecule has 0 atom stereocenters. The first-order valence-electron chi connectivity index (χ1n) is 5.60. The Kier molecular flexibility index (Phi) is 3.30. The van der Waals surface area contributed by atoms with Gasteiger partial charge in [0.2, 0.25) is 0 Å². The highest BCUT2D eigenvalue weighted by molar-refractivity contribution is 7.87. The summed E-state index contributed by atoms with van der Waals surface area (Å²) in [6.07, 6.45) is 5.47. The van der Waals surface area contributed by atoms with Crippen LogP contribution in [0.15, 0.2) is 0 Å². The molecule has 0 radical (unpaired) electrons. The fraction of sp³-hybridized carbons (Fsp3) is 1.00. The van der Waals surface area contributed by atoms with Crippen LogP contribution in [-0.2, 0) is 10.2 Å². The van der Waals surface area contributed by atoms with Crippen molar-refractivity contribution in [3.05, 3.63) is 0 Å². The molecule has 0 heterocycles. The molecule has 0 aromatic carbocycles. The lowest BCUT2D eigenvalue weighted by atomic mass is 9.93. The molecule has 0 saturated heterocycles. The van der Waals surface area contributed by atoms with E-state index in [0.29, 0.717) is 0 Å². The first-order chi connectivity index (χ1) is 7.05. The van der Waals surface area contributed by atoms with Crippen molar-refractivity contribution in [1.29, 1.82) is 0 Å². The zero-order valence-corrected chi connectivity index (χ0v) is 9.59. The van der Waals surface area contributed by atoms with Gasteiger partial charge >= 0.3 is 0 Å². The Morgan fingerprint density at radius 1 is 0.867 bits per heavy atom. The molecule has 2 rings (SSSR count). The zero-order chi connectivity index (χ0) is 10.9. The number of rotatable bonds is 4. The number of hydrogen-bond donors (Lipinski definition) is 3. The predicted octanol–water partition coefficient (Wildman–Crippen LogP) is -0.157. The molecule has 2 aliphatic rings. The molecule has 2 aliphatic carbocycles. The summed E-state index contributed by atoms with van der Waals surface area (Å²) in [7, 11) is -3.28. The van der Waals surface area contributed by atoms with E-state index < -0.39 is 10.2 Å². The van der Waals surface area contributed by atoms with Gasteiger partial charge in [0, 0.05) is 18.1 Å². The summed E-state index contributed by atoms with van der Waals surface area (Å²) in [5.41, 5.74) is 5.76. The second-order valence-corrected chi connectivity index (χ2v) is 6.10. The van der Waals surface area contributed by atoms with E-state index >= 15 is 0 Å². The topological polar surface area (TPSA) is 84.2 Å². The molecule has 0 aromatic heterocycles. The van der Waals surface area contributed by atoms with Crippen molar-refractivity contribution in [2.45, 2.75) is 56.7 Å². The smallest absolute Gasteiger partial charge is 0.277 e. The fourth-order valence-electron chi connectivity index (χ4n) is 1.91. The van der Waals surface area contributed by atoms with Crippen molar-refractivity contribution in [2.24, 2.45) is 5.73 Å². The highest BCUT2D eigenvalue weighted by Gasteiger charge is 2.29. The van der Waals surface area contributed by atoms with Crippen LogP contribution in [0.2, 0.25) is 0 Å². The molecule has 0 bridgehead atoms. The Bertz CT molecular complexity index is 305. The monoisotopic (exact) mass is 233 g/mol. The van der Waals surface area contributed by atoms with E-state index in [1.54, 1.807) is 0 Å². The molecular formula is C9H19N3O2S. The Morgan fingerprint density at radius 3 is 1.67 bits per heavy atom. The van der Waals surface area contributed by atoms with Crippen LogP contribution in [0.4, 0.5) is 0 Å². The molecule has 0 spiro atoms. The first-order valence-corrected chi connectivity index (χ1v) is 7.08. The molecule has 15 heavy (non-hydrogen) atoms. The molecule has 4 N–H and O–H groups in total. The molecule has 0 aliphatic heterocycles. The lowest BCUT2D eigenvalue weighted by Gasteiger charge is -2.26. The minimum absolute atomic E-state index is 0.0704. The van der Waals surface area contributed by atoms with Crippen molar-refractivity contribution in [3.63, 3.8) is 0 Å². The summed E-state index contributed by atoms with van der Waals surface area (Å²) in [4.78, 5) is 0. The SMILES string of the molecule is NC1CCC(NS(=O)(=O)NC2CC2)CC1. The lowest BCUT2D eigenvalue weighted by molar-refractivity contribution is 0.372. The summed E-state index contributed by atoms with van der Waals surface area (Å²) < 4.78 is 28.5. The Morgan fingerprint density at radius 2 is 1.27 bits per heavy atom. The summed E-state index contributed by atoms with van der Waals surface area (Å²) in [6.45, 7) is 0. The second-order valence-electron chi connectivity index (χ2n) is 4.63. The van der Waals surface area contributed by atoms with E-state index in [2.05, 4.69) is 9.44 Å². The maximum absolute atomic E-state index is 11.6. The summed E-state index contributed by atoms with van der Waals surface area (Å²) in [5.74, 6) is 0. The third kappa shape index (κ3) is 3.71. The molecule has 6 heteroatoms. The third-order valence-corrected chi connectivity index (χ3v) is 4.28. The second kappa shape index (κ2) is 4.37. The van der Waals surface area contributed by atoms with Gasteiger partial charge in [-0.3, -0.25) is 0 Å². The van der Waals surface area contributed by atoms with Crippen LogP contribution in [-0.4, -0.2) is 26.5 Å². The molecule has 0 unspecified atom stereocenters. The molecule has 0 aromatic rings. The van der Waals surface area contributed by atoms with E-state index in [0.717, 1.165) is 38.5 Å². The maximum atomic E-state index is 11.6. The number of nitrogens with two attached hydrogens (primary N) is 1. The van der Waals surface area contributed by atoms with Crippen LogP contribution in [0.25, 0.3) is 0 Å². The largest absolute Gasteiger partial charge is 0.328 e. The van der Waals surface area contributed by atoms with Crippen molar-refractivity contribution >= 4 is 10.2 Å². The van der Waals surface area contributed by atoms with E-state index in [1.807, 2.05) is 0 Å². The first kappa shape index (κ1) is 11.3. The Hall–Kier alpha value is -0.170. The highest BCUT2D eigenvalue weighted by atomic mass is 32.2. The van der Waals surface area contributed by atoms with Gasteiger partial charge in [-0.1, -0.05) is 0 Å². The van der Waals surface area contributed by atoms with Crippen LogP contribution in [0, 0.1) is 0 Å². The van der Waals surface area contributed by atoms with Crippen LogP contribution in [0.5, 0.6) is 0 Å². The number of nitrogens with one attached hydrogen (secondary N) is 2. The average molecular weight is 233 g/mol. The standard InChI is InChI=1S/C9H19N3O2S/c10-7-1-3-8(4-2-7)11-15(13,14)12-9-5-6-9/h7-9,11-12H,1-6,10H2. The molecule has 2 saturated carbocycles. The van der Waals surface area contributed by atoms with E-state index in [-0.39, 0.29) is 18.1 Å². The summed E-state index contributed by atoms with van der Waals surface area (Å²) >= 11 is 0. The van der Waals surface area contributed by atoms with E-state index in [9.17, 15) is 8.42 Å². The molecule has 88 valence electrons. The summed E-state index contributed by atoms with van der Waals surface area (Å²) in [6, 6.07) is 0.497. The lowest BCUT2D eigenvalue weighted by Crippen LogP contribution is -2.46. The van der Waals surface area contributed by atoms with Gasteiger partial charge in [-0.2, -0.15) is 17.9 Å². The van der Waals surface area contributed by atoms with Gasteiger partial charge in [0.05, 0.1) is 0 Å².